The molecule has 1 aromatic carbocycles. The normalized spacial score (nSPS) is 12.8. The lowest BCUT2D eigenvalue weighted by molar-refractivity contribution is -0.138. The van der Waals surface area contributed by atoms with Crippen molar-refractivity contribution in [3.63, 3.8) is 0 Å². The highest BCUT2D eigenvalue weighted by atomic mass is 19.4. The molecular weight excluding hydrogens is 347 g/mol. The van der Waals surface area contributed by atoms with E-state index < -0.39 is 12.2 Å². The molecule has 7 nitrogen and oxygen atoms in total. The van der Waals surface area contributed by atoms with Crippen LogP contribution in [-0.2, 0) is 0 Å². The summed E-state index contributed by atoms with van der Waals surface area (Å²) in [5, 5.41) is 9.33. The lowest BCUT2D eigenvalue weighted by Gasteiger charge is -2.16. The fourth-order valence-electron chi connectivity index (χ4n) is 2.49. The minimum absolute atomic E-state index is 0.102. The maximum Gasteiger partial charge on any atom is 0.408 e. The van der Waals surface area contributed by atoms with Crippen LogP contribution in [0.2, 0.25) is 0 Å². The third kappa shape index (κ3) is 3.30. The molecule has 1 atom stereocenters. The molecule has 3 rings (SSSR count). The van der Waals surface area contributed by atoms with Crippen LogP contribution in [0.4, 0.5) is 30.5 Å². The first kappa shape index (κ1) is 17.6. The Morgan fingerprint density at radius 2 is 2.08 bits per heavy atom. The molecule has 2 aromatic heterocycles. The van der Waals surface area contributed by atoms with Crippen molar-refractivity contribution in [3.05, 3.63) is 30.6 Å². The van der Waals surface area contributed by atoms with Gasteiger partial charge in [0.1, 0.15) is 17.4 Å². The molecule has 0 saturated carbocycles. The number of alkyl halides is 3. The zero-order valence-corrected chi connectivity index (χ0v) is 13.9. The van der Waals surface area contributed by atoms with E-state index in [1.807, 2.05) is 6.07 Å². The summed E-state index contributed by atoms with van der Waals surface area (Å²) in [6.07, 6.45) is -1.20. The van der Waals surface area contributed by atoms with Crippen LogP contribution >= 0.6 is 0 Å². The number of rotatable bonds is 5. The molecule has 0 spiro atoms. The average Bonchev–Trinajstić information content (AvgIpc) is 3.03. The van der Waals surface area contributed by atoms with Gasteiger partial charge < -0.3 is 15.6 Å². The Bertz CT molecular complexity index is 949. The number of hydrogen-bond donors (Lipinski definition) is 4. The molecule has 136 valence electrons. The molecule has 4 N–H and O–H groups in total. The van der Waals surface area contributed by atoms with E-state index in [0.29, 0.717) is 22.4 Å². The smallest absolute Gasteiger partial charge is 0.386 e. The summed E-state index contributed by atoms with van der Waals surface area (Å²) in [7, 11) is 1.73. The largest absolute Gasteiger partial charge is 0.408 e. The van der Waals surface area contributed by atoms with Crippen LogP contribution < -0.4 is 10.6 Å². The van der Waals surface area contributed by atoms with Crippen LogP contribution in [-0.4, -0.2) is 34.2 Å². The summed E-state index contributed by atoms with van der Waals surface area (Å²) in [5.41, 5.74) is 10.4. The van der Waals surface area contributed by atoms with Crippen LogP contribution in [0.15, 0.2) is 35.7 Å². The van der Waals surface area contributed by atoms with Crippen molar-refractivity contribution in [2.24, 2.45) is 5.11 Å². The maximum absolute atomic E-state index is 12.7. The monoisotopic (exact) mass is 363 g/mol. The Kier molecular flexibility index (Phi) is 4.49. The minimum atomic E-state index is -4.38. The van der Waals surface area contributed by atoms with E-state index in [1.54, 1.807) is 25.4 Å². The fourth-order valence-corrected chi connectivity index (χ4v) is 2.49. The number of benzene rings is 1. The molecule has 0 aliphatic heterocycles. The summed E-state index contributed by atoms with van der Waals surface area (Å²) in [5.74, 6) is -0.102. The van der Waals surface area contributed by atoms with E-state index in [4.69, 9.17) is 5.53 Å². The van der Waals surface area contributed by atoms with Gasteiger partial charge in [-0.25, -0.2) is 10.5 Å². The van der Waals surface area contributed by atoms with E-state index >= 15 is 0 Å². The number of nitrogens with zero attached hydrogens (tertiary/aromatic N) is 3. The topological polar surface area (TPSA) is 102 Å². The molecule has 0 aliphatic carbocycles. The second kappa shape index (κ2) is 6.62. The third-order valence-corrected chi connectivity index (χ3v) is 3.97. The van der Waals surface area contributed by atoms with Crippen molar-refractivity contribution in [3.8, 4) is 11.1 Å². The Labute approximate surface area is 146 Å². The average molecular weight is 363 g/mol. The zero-order chi connectivity index (χ0) is 18.9. The predicted octanol–water partition coefficient (Wildman–Crippen LogP) is 4.69. The van der Waals surface area contributed by atoms with Gasteiger partial charge in [0.25, 0.3) is 0 Å². The number of halogens is 3. The second-order valence-electron chi connectivity index (χ2n) is 5.66. The Morgan fingerprint density at radius 3 is 2.73 bits per heavy atom. The van der Waals surface area contributed by atoms with Gasteiger partial charge in [-0.15, -0.1) is 0 Å². The summed E-state index contributed by atoms with van der Waals surface area (Å²) in [6, 6.07) is 3.57. The zero-order valence-electron chi connectivity index (χ0n) is 13.9. The highest BCUT2D eigenvalue weighted by Crippen LogP contribution is 2.34. The van der Waals surface area contributed by atoms with E-state index in [-0.39, 0.29) is 5.95 Å². The van der Waals surface area contributed by atoms with Crippen molar-refractivity contribution < 1.29 is 13.2 Å². The lowest BCUT2D eigenvalue weighted by atomic mass is 10.1. The molecule has 0 amide bonds. The van der Waals surface area contributed by atoms with E-state index in [0.717, 1.165) is 18.1 Å². The van der Waals surface area contributed by atoms with Gasteiger partial charge in [-0.1, -0.05) is 6.07 Å². The number of anilines is 2. The SMILES string of the molecule is CNc1cc(-c2c[nH]c3nc(N[C@H](C)C(F)(F)F)ncc23)ccc1N=N. The summed E-state index contributed by atoms with van der Waals surface area (Å²) >= 11 is 0. The molecule has 0 unspecified atom stereocenters. The number of H-pyrrole nitrogens is 1. The van der Waals surface area contributed by atoms with Crippen molar-refractivity contribution in [1.29, 1.82) is 5.53 Å². The number of hydrogen-bond acceptors (Lipinski definition) is 6. The van der Waals surface area contributed by atoms with Gasteiger partial charge in [-0.2, -0.15) is 23.3 Å². The second-order valence-corrected chi connectivity index (χ2v) is 5.66. The van der Waals surface area contributed by atoms with Crippen molar-refractivity contribution in [1.82, 2.24) is 15.0 Å². The molecule has 0 radical (unpaired) electrons. The van der Waals surface area contributed by atoms with Crippen molar-refractivity contribution in [2.45, 2.75) is 19.1 Å². The van der Waals surface area contributed by atoms with Gasteiger partial charge in [0, 0.05) is 30.4 Å². The molecule has 26 heavy (non-hydrogen) atoms. The van der Waals surface area contributed by atoms with Crippen LogP contribution in [0.3, 0.4) is 0 Å². The minimum Gasteiger partial charge on any atom is -0.386 e. The number of aromatic amines is 1. The van der Waals surface area contributed by atoms with Gasteiger partial charge in [0.15, 0.2) is 0 Å². The quantitative estimate of drug-likeness (QED) is 0.494. The van der Waals surface area contributed by atoms with Crippen LogP contribution in [0.5, 0.6) is 0 Å². The first-order valence-corrected chi connectivity index (χ1v) is 7.70. The molecule has 10 heteroatoms. The lowest BCUT2D eigenvalue weighted by Crippen LogP contribution is -2.33. The molecule has 0 saturated heterocycles. The molecular formula is C16H16F3N7. The van der Waals surface area contributed by atoms with Crippen molar-refractivity contribution >= 4 is 28.4 Å². The highest BCUT2D eigenvalue weighted by Gasteiger charge is 2.36. The first-order valence-electron chi connectivity index (χ1n) is 7.70. The Hall–Kier alpha value is -3.17. The predicted molar refractivity (Wildman–Crippen MR) is 92.8 cm³/mol. The van der Waals surface area contributed by atoms with Crippen LogP contribution in [0, 0.1) is 5.53 Å². The standard InChI is InChI=1S/C16H16F3N7/c1-8(16(17,18)19)24-15-23-7-11-10(6-22-14(11)25-15)9-3-4-12(26-20)13(5-9)21-2/h3-8,20-21H,1-2H3,(H2,22,23,24,25)/t8-/m1/s1. The molecule has 0 bridgehead atoms. The summed E-state index contributed by atoms with van der Waals surface area (Å²) in [6.45, 7) is 1.01. The molecule has 3 aromatic rings. The van der Waals surface area contributed by atoms with E-state index in [1.165, 1.54) is 6.20 Å². The third-order valence-electron chi connectivity index (χ3n) is 3.97. The molecule has 2 heterocycles. The Morgan fingerprint density at radius 1 is 1.31 bits per heavy atom. The Balaban J connectivity index is 1.96. The summed E-state index contributed by atoms with van der Waals surface area (Å²) < 4.78 is 38.0. The number of nitrogens with one attached hydrogen (secondary N) is 4. The molecule has 0 aliphatic rings. The summed E-state index contributed by atoms with van der Waals surface area (Å²) in [4.78, 5) is 11.0. The van der Waals surface area contributed by atoms with E-state index in [2.05, 4.69) is 30.7 Å². The number of aromatic nitrogens is 3. The van der Waals surface area contributed by atoms with Crippen LogP contribution in [0.25, 0.3) is 22.2 Å². The highest BCUT2D eigenvalue weighted by molar-refractivity contribution is 5.94. The van der Waals surface area contributed by atoms with Gasteiger partial charge in [0.05, 0.1) is 5.69 Å². The molecule has 0 fully saturated rings. The van der Waals surface area contributed by atoms with E-state index in [9.17, 15) is 13.2 Å². The maximum atomic E-state index is 12.7. The van der Waals surface area contributed by atoms with Gasteiger partial charge in [-0.3, -0.25) is 0 Å². The van der Waals surface area contributed by atoms with Gasteiger partial charge in [-0.05, 0) is 24.6 Å². The number of fused-ring (bicyclic) bond motifs is 1. The van der Waals surface area contributed by atoms with Crippen molar-refractivity contribution in [2.75, 3.05) is 17.7 Å². The van der Waals surface area contributed by atoms with Gasteiger partial charge >= 0.3 is 6.18 Å². The first-order chi connectivity index (χ1) is 12.3. The fraction of sp³-hybridized carbons (Fsp3) is 0.250. The van der Waals surface area contributed by atoms with Crippen LogP contribution in [0.1, 0.15) is 6.92 Å². The van der Waals surface area contributed by atoms with Gasteiger partial charge in [0.2, 0.25) is 5.95 Å².